The molecule has 0 spiro atoms. The van der Waals surface area contributed by atoms with Crippen molar-refractivity contribution in [2.75, 3.05) is 0 Å². The number of nitrogens with zero attached hydrogens (tertiary/aromatic N) is 5. The summed E-state index contributed by atoms with van der Waals surface area (Å²) in [5.74, 6) is -0.934. The maximum absolute atomic E-state index is 13.9. The van der Waals surface area contributed by atoms with Gasteiger partial charge in [0.15, 0.2) is 0 Å². The molecule has 6 aromatic rings. The van der Waals surface area contributed by atoms with Gasteiger partial charge >= 0.3 is 0 Å². The lowest BCUT2D eigenvalue weighted by atomic mass is 9.79. The fourth-order valence-corrected chi connectivity index (χ4v) is 6.39. The maximum atomic E-state index is 13.9. The number of carbonyl (C=O) groups excluding carboxylic acids is 2. The van der Waals surface area contributed by atoms with Gasteiger partial charge < -0.3 is 15.2 Å². The molecule has 2 N–H and O–H groups in total. The molecule has 1 aliphatic rings. The SMILES string of the molecule is Cc1cc(Br)c(F)cc1CNC(=O)C1CC(NC(=O)c2cncc(-n3cc(Cn4c5ccccc5c5ccccc54)nn3)c2)C1. The number of amides is 2. The molecule has 1 fully saturated rings. The molecule has 1 saturated carbocycles. The molecule has 0 saturated heterocycles. The molecule has 226 valence electrons. The predicted octanol–water partition coefficient (Wildman–Crippen LogP) is 5.85. The van der Waals surface area contributed by atoms with Crippen molar-refractivity contribution in [2.24, 2.45) is 5.92 Å². The van der Waals surface area contributed by atoms with Gasteiger partial charge in [-0.25, -0.2) is 9.07 Å². The molecule has 0 aliphatic heterocycles. The van der Waals surface area contributed by atoms with Crippen LogP contribution in [0.2, 0.25) is 0 Å². The fourth-order valence-electron chi connectivity index (χ4n) is 5.93. The standard InChI is InChI=1S/C34H29BrFN7O2/c1-20-10-29(35)30(36)14-22(20)16-38-33(44)21-11-24(12-21)39-34(45)23-13-26(17-37-15-23)43-19-25(40-41-43)18-42-31-8-4-2-6-27(31)28-7-3-5-9-32(28)42/h2-10,13-15,17,19,21,24H,11-12,16,18H2,1H3,(H,38,44)(H,39,45). The van der Waals surface area contributed by atoms with Crippen LogP contribution in [0.1, 0.15) is 40.0 Å². The van der Waals surface area contributed by atoms with Crippen LogP contribution in [0.4, 0.5) is 4.39 Å². The summed E-state index contributed by atoms with van der Waals surface area (Å²) in [6, 6.07) is 21.4. The van der Waals surface area contributed by atoms with Crippen molar-refractivity contribution >= 4 is 49.6 Å². The molecule has 3 aromatic carbocycles. The smallest absolute Gasteiger partial charge is 0.253 e. The van der Waals surface area contributed by atoms with Gasteiger partial charge in [-0.3, -0.25) is 14.6 Å². The minimum absolute atomic E-state index is 0.102. The van der Waals surface area contributed by atoms with Crippen LogP contribution in [0.15, 0.2) is 89.8 Å². The number of nitrogens with one attached hydrogen (secondary N) is 2. The third-order valence-corrected chi connectivity index (χ3v) is 9.08. The van der Waals surface area contributed by atoms with Crippen molar-refractivity contribution in [3.8, 4) is 5.69 Å². The average molecular weight is 667 g/mol. The number of benzene rings is 3. The van der Waals surface area contributed by atoms with E-state index >= 15 is 0 Å². The molecule has 9 nitrogen and oxygen atoms in total. The molecule has 45 heavy (non-hydrogen) atoms. The van der Waals surface area contributed by atoms with E-state index < -0.39 is 0 Å². The van der Waals surface area contributed by atoms with Crippen molar-refractivity contribution in [1.29, 1.82) is 0 Å². The molecule has 11 heteroatoms. The van der Waals surface area contributed by atoms with E-state index in [4.69, 9.17) is 0 Å². The second kappa shape index (κ2) is 11.9. The lowest BCUT2D eigenvalue weighted by molar-refractivity contribution is -0.128. The summed E-state index contributed by atoms with van der Waals surface area (Å²) >= 11 is 3.18. The number of aromatic nitrogens is 5. The molecule has 0 unspecified atom stereocenters. The molecule has 0 radical (unpaired) electrons. The van der Waals surface area contributed by atoms with Gasteiger partial charge in [0.05, 0.1) is 34.7 Å². The largest absolute Gasteiger partial charge is 0.352 e. The van der Waals surface area contributed by atoms with Gasteiger partial charge in [-0.15, -0.1) is 5.10 Å². The number of hydrogen-bond acceptors (Lipinski definition) is 5. The zero-order chi connectivity index (χ0) is 31.1. The van der Waals surface area contributed by atoms with E-state index in [9.17, 15) is 14.0 Å². The van der Waals surface area contributed by atoms with Crippen LogP contribution >= 0.6 is 15.9 Å². The zero-order valence-corrected chi connectivity index (χ0v) is 26.0. The van der Waals surface area contributed by atoms with Gasteiger partial charge in [-0.2, -0.15) is 0 Å². The lowest BCUT2D eigenvalue weighted by Crippen LogP contribution is -2.49. The first kappa shape index (κ1) is 28.8. The molecule has 3 aromatic heterocycles. The van der Waals surface area contributed by atoms with Crippen molar-refractivity contribution < 1.29 is 14.0 Å². The predicted molar refractivity (Wildman–Crippen MR) is 172 cm³/mol. The summed E-state index contributed by atoms with van der Waals surface area (Å²) in [4.78, 5) is 29.9. The van der Waals surface area contributed by atoms with Gasteiger partial charge in [-0.05, 0) is 77.2 Å². The maximum Gasteiger partial charge on any atom is 0.253 e. The lowest BCUT2D eigenvalue weighted by Gasteiger charge is -2.34. The van der Waals surface area contributed by atoms with E-state index in [0.29, 0.717) is 35.1 Å². The molecule has 0 bridgehead atoms. The topological polar surface area (TPSA) is 107 Å². The average Bonchev–Trinajstić information content (AvgIpc) is 3.63. The van der Waals surface area contributed by atoms with E-state index in [-0.39, 0.29) is 36.1 Å². The Morgan fingerprint density at radius 3 is 2.44 bits per heavy atom. The Labute approximate surface area is 266 Å². The van der Waals surface area contributed by atoms with E-state index in [2.05, 4.69) is 70.7 Å². The van der Waals surface area contributed by atoms with Gasteiger partial charge in [0.1, 0.15) is 11.5 Å². The van der Waals surface area contributed by atoms with Crippen LogP contribution in [-0.4, -0.2) is 42.4 Å². The summed E-state index contributed by atoms with van der Waals surface area (Å²) in [7, 11) is 0. The molecule has 1 aliphatic carbocycles. The third kappa shape index (κ3) is 5.71. The van der Waals surface area contributed by atoms with Crippen LogP contribution in [0, 0.1) is 18.7 Å². The highest BCUT2D eigenvalue weighted by Crippen LogP contribution is 2.30. The van der Waals surface area contributed by atoms with Crippen molar-refractivity contribution in [2.45, 2.75) is 38.9 Å². The number of para-hydroxylation sites is 2. The number of carbonyl (C=O) groups is 2. The Morgan fingerprint density at radius 2 is 1.71 bits per heavy atom. The quantitative estimate of drug-likeness (QED) is 0.212. The highest BCUT2D eigenvalue weighted by molar-refractivity contribution is 9.10. The molecular weight excluding hydrogens is 637 g/mol. The minimum Gasteiger partial charge on any atom is -0.352 e. The van der Waals surface area contributed by atoms with Crippen LogP contribution in [0.5, 0.6) is 0 Å². The number of fused-ring (bicyclic) bond motifs is 3. The van der Waals surface area contributed by atoms with Gasteiger partial charge in [-0.1, -0.05) is 41.6 Å². The Kier molecular flexibility index (Phi) is 7.62. The highest BCUT2D eigenvalue weighted by atomic mass is 79.9. The number of rotatable bonds is 8. The van der Waals surface area contributed by atoms with Crippen molar-refractivity contribution in [3.63, 3.8) is 0 Å². The summed E-state index contributed by atoms with van der Waals surface area (Å²) in [5, 5.41) is 17.0. The monoisotopic (exact) mass is 665 g/mol. The van der Waals surface area contributed by atoms with Gasteiger partial charge in [0.2, 0.25) is 5.91 Å². The molecular formula is C34H29BrFN7O2. The first-order valence-electron chi connectivity index (χ1n) is 14.7. The van der Waals surface area contributed by atoms with Crippen molar-refractivity contribution in [1.82, 2.24) is 35.2 Å². The summed E-state index contributed by atoms with van der Waals surface area (Å²) in [6.45, 7) is 2.67. The van der Waals surface area contributed by atoms with Crippen LogP contribution < -0.4 is 10.6 Å². The van der Waals surface area contributed by atoms with Crippen molar-refractivity contribution in [3.05, 3.63) is 118 Å². The Morgan fingerprint density at radius 1 is 1.00 bits per heavy atom. The first-order valence-corrected chi connectivity index (χ1v) is 15.5. The second-order valence-electron chi connectivity index (χ2n) is 11.5. The number of pyridine rings is 1. The van der Waals surface area contributed by atoms with Crippen LogP contribution in [0.3, 0.4) is 0 Å². The van der Waals surface area contributed by atoms with Crippen LogP contribution in [0.25, 0.3) is 27.5 Å². The second-order valence-corrected chi connectivity index (χ2v) is 12.3. The minimum atomic E-state index is -0.363. The first-order chi connectivity index (χ1) is 21.8. The fraction of sp³-hybridized carbons (Fsp3) is 0.206. The highest BCUT2D eigenvalue weighted by Gasteiger charge is 2.35. The van der Waals surface area contributed by atoms with E-state index in [0.717, 1.165) is 27.9 Å². The third-order valence-electron chi connectivity index (χ3n) is 8.47. The Balaban J connectivity index is 0.969. The number of halogens is 2. The normalized spacial score (nSPS) is 16.1. The molecule has 2 amide bonds. The van der Waals surface area contributed by atoms with E-state index in [1.165, 1.54) is 23.0 Å². The van der Waals surface area contributed by atoms with E-state index in [1.54, 1.807) is 23.0 Å². The summed E-state index contributed by atoms with van der Waals surface area (Å²) in [6.07, 6.45) is 6.07. The number of aryl methyl sites for hydroxylation is 1. The molecule has 3 heterocycles. The zero-order valence-electron chi connectivity index (χ0n) is 24.4. The molecule has 0 atom stereocenters. The number of hydrogen-bond donors (Lipinski definition) is 2. The summed E-state index contributed by atoms with van der Waals surface area (Å²) in [5.41, 5.74) is 5.66. The Hall–Kier alpha value is -4.90. The molecule has 7 rings (SSSR count). The van der Waals surface area contributed by atoms with Crippen LogP contribution in [-0.2, 0) is 17.9 Å². The van der Waals surface area contributed by atoms with E-state index in [1.807, 2.05) is 37.4 Å². The van der Waals surface area contributed by atoms with Gasteiger partial charge in [0.25, 0.3) is 5.91 Å². The van der Waals surface area contributed by atoms with Gasteiger partial charge in [0, 0.05) is 46.5 Å². The Bertz CT molecular complexity index is 2030. The summed E-state index contributed by atoms with van der Waals surface area (Å²) < 4.78 is 18.2.